The van der Waals surface area contributed by atoms with Crippen molar-refractivity contribution in [2.45, 2.75) is 32.3 Å². The van der Waals surface area contributed by atoms with Gasteiger partial charge in [-0.1, -0.05) is 6.07 Å². The molecule has 0 amide bonds. The fourth-order valence-electron chi connectivity index (χ4n) is 3.22. The molecular formula is C20H17N3O5. The van der Waals surface area contributed by atoms with Crippen LogP contribution in [0, 0.1) is 10.1 Å². The van der Waals surface area contributed by atoms with Gasteiger partial charge >= 0.3 is 5.97 Å². The summed E-state index contributed by atoms with van der Waals surface area (Å²) in [7, 11) is 0. The average molecular weight is 379 g/mol. The second-order valence-corrected chi connectivity index (χ2v) is 6.63. The number of carbonyl (C=O) groups excluding carboxylic acids is 1. The number of benzene rings is 2. The van der Waals surface area contributed by atoms with Crippen LogP contribution in [0.4, 0.5) is 5.69 Å². The molecule has 1 aliphatic rings. The molecular weight excluding hydrogens is 362 g/mol. The Morgan fingerprint density at radius 3 is 2.64 bits per heavy atom. The number of aromatic nitrogens is 2. The monoisotopic (exact) mass is 379 g/mol. The molecule has 0 radical (unpaired) electrons. The van der Waals surface area contributed by atoms with Gasteiger partial charge in [-0.05, 0) is 61.6 Å². The Balaban J connectivity index is 1.46. The minimum atomic E-state index is -0.722. The maximum absolute atomic E-state index is 12.4. The predicted molar refractivity (Wildman–Crippen MR) is 98.7 cm³/mol. The van der Waals surface area contributed by atoms with Gasteiger partial charge in [0.1, 0.15) is 0 Å². The number of ether oxygens (including phenoxy) is 1. The Kier molecular flexibility index (Phi) is 4.60. The molecule has 0 N–H and O–H groups in total. The van der Waals surface area contributed by atoms with Gasteiger partial charge in [-0.2, -0.15) is 0 Å². The summed E-state index contributed by atoms with van der Waals surface area (Å²) in [5, 5.41) is 18.6. The molecule has 142 valence electrons. The molecule has 0 aliphatic heterocycles. The lowest BCUT2D eigenvalue weighted by molar-refractivity contribution is -0.384. The van der Waals surface area contributed by atoms with Gasteiger partial charge in [-0.15, -0.1) is 10.2 Å². The number of esters is 1. The van der Waals surface area contributed by atoms with Crippen LogP contribution in [-0.4, -0.2) is 21.1 Å². The van der Waals surface area contributed by atoms with Crippen molar-refractivity contribution in [2.75, 3.05) is 0 Å². The van der Waals surface area contributed by atoms with Crippen LogP contribution in [-0.2, 0) is 17.6 Å². The second-order valence-electron chi connectivity index (χ2n) is 6.63. The maximum Gasteiger partial charge on any atom is 0.338 e. The van der Waals surface area contributed by atoms with Crippen LogP contribution >= 0.6 is 0 Å². The molecule has 3 aromatic rings. The molecule has 28 heavy (non-hydrogen) atoms. The average Bonchev–Trinajstić information content (AvgIpc) is 3.37. The summed E-state index contributed by atoms with van der Waals surface area (Å²) in [6.45, 7) is 1.65. The fraction of sp³-hybridized carbons (Fsp3) is 0.250. The molecule has 8 heteroatoms. The number of fused-ring (bicyclic) bond motifs is 1. The third kappa shape index (κ3) is 3.48. The molecule has 0 unspecified atom stereocenters. The Labute approximate surface area is 160 Å². The topological polar surface area (TPSA) is 108 Å². The molecule has 0 bridgehead atoms. The second kappa shape index (κ2) is 7.22. The smallest absolute Gasteiger partial charge is 0.338 e. The molecule has 8 nitrogen and oxygen atoms in total. The summed E-state index contributed by atoms with van der Waals surface area (Å²) in [4.78, 5) is 22.7. The minimum absolute atomic E-state index is 0.0277. The third-order valence-corrected chi connectivity index (χ3v) is 4.73. The number of nitro groups is 1. The van der Waals surface area contributed by atoms with Crippen molar-refractivity contribution in [2.24, 2.45) is 0 Å². The van der Waals surface area contributed by atoms with Gasteiger partial charge in [0.25, 0.3) is 11.6 Å². The molecule has 1 atom stereocenters. The van der Waals surface area contributed by atoms with Gasteiger partial charge in [-0.3, -0.25) is 10.1 Å². The standard InChI is InChI=1S/C20H17N3O5/c1-12(27-20(24)16-6-5-13-3-2-4-15(13)11-16)18-21-22-19(28-18)14-7-9-17(10-8-14)23(25)26/h5-12H,2-4H2,1H3/t12-/m0/s1. The molecule has 1 heterocycles. The van der Waals surface area contributed by atoms with E-state index in [2.05, 4.69) is 10.2 Å². The Bertz CT molecular complexity index is 1040. The van der Waals surface area contributed by atoms with Crippen LogP contribution in [0.2, 0.25) is 0 Å². The van der Waals surface area contributed by atoms with E-state index in [0.29, 0.717) is 11.1 Å². The normalized spacial score (nSPS) is 13.8. The van der Waals surface area contributed by atoms with Crippen LogP contribution in [0.15, 0.2) is 46.9 Å². The highest BCUT2D eigenvalue weighted by Crippen LogP contribution is 2.26. The number of nitro benzene ring substituents is 1. The number of aryl methyl sites for hydroxylation is 2. The number of rotatable bonds is 5. The van der Waals surface area contributed by atoms with Crippen molar-refractivity contribution in [3.8, 4) is 11.5 Å². The van der Waals surface area contributed by atoms with E-state index >= 15 is 0 Å². The molecule has 0 saturated heterocycles. The third-order valence-electron chi connectivity index (χ3n) is 4.73. The first kappa shape index (κ1) is 17.8. The summed E-state index contributed by atoms with van der Waals surface area (Å²) in [6.07, 6.45) is 2.42. The summed E-state index contributed by atoms with van der Waals surface area (Å²) in [5.41, 5.74) is 3.50. The van der Waals surface area contributed by atoms with Crippen molar-refractivity contribution in [1.29, 1.82) is 0 Å². The maximum atomic E-state index is 12.4. The number of non-ortho nitro benzene ring substituents is 1. The van der Waals surface area contributed by atoms with Crippen LogP contribution < -0.4 is 0 Å². The van der Waals surface area contributed by atoms with E-state index in [9.17, 15) is 14.9 Å². The van der Waals surface area contributed by atoms with Gasteiger partial charge in [0.05, 0.1) is 10.5 Å². The van der Waals surface area contributed by atoms with Gasteiger partial charge in [-0.25, -0.2) is 4.79 Å². The van der Waals surface area contributed by atoms with Gasteiger partial charge < -0.3 is 9.15 Å². The zero-order valence-electron chi connectivity index (χ0n) is 15.1. The van der Waals surface area contributed by atoms with E-state index in [1.165, 1.54) is 35.4 Å². The quantitative estimate of drug-likeness (QED) is 0.374. The Morgan fingerprint density at radius 2 is 1.89 bits per heavy atom. The van der Waals surface area contributed by atoms with Crippen LogP contribution in [0.1, 0.15) is 46.8 Å². The zero-order chi connectivity index (χ0) is 19.7. The highest BCUT2D eigenvalue weighted by molar-refractivity contribution is 5.90. The summed E-state index contributed by atoms with van der Waals surface area (Å²) >= 11 is 0. The summed E-state index contributed by atoms with van der Waals surface area (Å²) in [6, 6.07) is 11.4. The number of hydrogen-bond donors (Lipinski definition) is 0. The first-order valence-electron chi connectivity index (χ1n) is 8.92. The van der Waals surface area contributed by atoms with Gasteiger partial charge in [0.2, 0.25) is 5.89 Å². The van der Waals surface area contributed by atoms with E-state index < -0.39 is 17.0 Å². The molecule has 1 aromatic heterocycles. The SMILES string of the molecule is C[C@H](OC(=O)c1ccc2c(c1)CCC2)c1nnc(-c2ccc([N+](=O)[O-])cc2)o1. The van der Waals surface area contributed by atoms with E-state index in [1.54, 1.807) is 13.0 Å². The van der Waals surface area contributed by atoms with Crippen molar-refractivity contribution in [3.05, 3.63) is 75.2 Å². The van der Waals surface area contributed by atoms with E-state index in [0.717, 1.165) is 19.3 Å². The number of nitrogens with zero attached hydrogens (tertiary/aromatic N) is 3. The molecule has 2 aromatic carbocycles. The van der Waals surface area contributed by atoms with Crippen molar-refractivity contribution < 1.29 is 18.9 Å². The fourth-order valence-corrected chi connectivity index (χ4v) is 3.22. The van der Waals surface area contributed by atoms with E-state index in [4.69, 9.17) is 9.15 Å². The molecule has 0 saturated carbocycles. The van der Waals surface area contributed by atoms with Crippen LogP contribution in [0.3, 0.4) is 0 Å². The largest absolute Gasteiger partial charge is 0.449 e. The summed E-state index contributed by atoms with van der Waals surface area (Å²) < 4.78 is 11.0. The number of hydrogen-bond acceptors (Lipinski definition) is 7. The number of carbonyl (C=O) groups is 1. The van der Waals surface area contributed by atoms with E-state index in [-0.39, 0.29) is 17.5 Å². The predicted octanol–water partition coefficient (Wildman–Crippen LogP) is 4.05. The van der Waals surface area contributed by atoms with Crippen LogP contribution in [0.25, 0.3) is 11.5 Å². The Morgan fingerprint density at radius 1 is 1.14 bits per heavy atom. The zero-order valence-corrected chi connectivity index (χ0v) is 15.1. The van der Waals surface area contributed by atoms with Crippen molar-refractivity contribution >= 4 is 11.7 Å². The van der Waals surface area contributed by atoms with Crippen LogP contribution in [0.5, 0.6) is 0 Å². The lowest BCUT2D eigenvalue weighted by atomic mass is 10.1. The highest BCUT2D eigenvalue weighted by Gasteiger charge is 2.21. The first-order chi connectivity index (χ1) is 13.5. The lowest BCUT2D eigenvalue weighted by Gasteiger charge is -2.10. The molecule has 0 fully saturated rings. The van der Waals surface area contributed by atoms with E-state index in [1.807, 2.05) is 12.1 Å². The Hall–Kier alpha value is -3.55. The van der Waals surface area contributed by atoms with Crippen molar-refractivity contribution in [1.82, 2.24) is 10.2 Å². The molecule has 1 aliphatic carbocycles. The molecule has 0 spiro atoms. The lowest BCUT2D eigenvalue weighted by Crippen LogP contribution is -2.10. The van der Waals surface area contributed by atoms with Gasteiger partial charge in [0, 0.05) is 17.7 Å². The molecule has 4 rings (SSSR count). The van der Waals surface area contributed by atoms with Gasteiger partial charge in [0.15, 0.2) is 6.10 Å². The summed E-state index contributed by atoms with van der Waals surface area (Å²) in [5.74, 6) is -0.0922. The van der Waals surface area contributed by atoms with Crippen molar-refractivity contribution in [3.63, 3.8) is 0 Å². The highest BCUT2D eigenvalue weighted by atomic mass is 16.6. The minimum Gasteiger partial charge on any atom is -0.449 e. The first-order valence-corrected chi connectivity index (χ1v) is 8.92.